The maximum absolute atomic E-state index is 13.5. The van der Waals surface area contributed by atoms with E-state index in [9.17, 15) is 9.18 Å². The molecule has 0 radical (unpaired) electrons. The Bertz CT molecular complexity index is 735. The average molecular weight is 285 g/mol. The van der Waals surface area contributed by atoms with Gasteiger partial charge in [-0.15, -0.1) is 0 Å². The molecule has 0 atom stereocenters. The molecule has 0 heterocycles. The van der Waals surface area contributed by atoms with Gasteiger partial charge in [-0.1, -0.05) is 6.07 Å². The molecule has 2 aromatic carbocycles. The summed E-state index contributed by atoms with van der Waals surface area (Å²) in [4.78, 5) is 10.7. The van der Waals surface area contributed by atoms with E-state index in [1.807, 2.05) is 13.0 Å². The van der Waals surface area contributed by atoms with Crippen molar-refractivity contribution >= 4 is 5.97 Å². The third-order valence-electron chi connectivity index (χ3n) is 3.04. The SMILES string of the molecule is Cc1cc(C#N)ccc1COc1ccc(C(=O)O)c(F)c1. The van der Waals surface area contributed by atoms with Crippen molar-refractivity contribution in [2.45, 2.75) is 13.5 Å². The van der Waals surface area contributed by atoms with Crippen molar-refractivity contribution in [3.05, 3.63) is 64.5 Å². The van der Waals surface area contributed by atoms with E-state index in [0.717, 1.165) is 17.2 Å². The number of carbonyl (C=O) groups is 1. The van der Waals surface area contributed by atoms with Crippen molar-refractivity contribution in [2.75, 3.05) is 0 Å². The lowest BCUT2D eigenvalue weighted by Crippen LogP contribution is -2.02. The molecule has 0 fully saturated rings. The molecule has 4 nitrogen and oxygen atoms in total. The first-order chi connectivity index (χ1) is 10.0. The number of nitriles is 1. The van der Waals surface area contributed by atoms with Gasteiger partial charge in [-0.2, -0.15) is 5.26 Å². The van der Waals surface area contributed by atoms with Crippen molar-refractivity contribution < 1.29 is 19.0 Å². The third-order valence-corrected chi connectivity index (χ3v) is 3.04. The van der Waals surface area contributed by atoms with E-state index in [0.29, 0.717) is 5.56 Å². The molecule has 0 saturated carbocycles. The summed E-state index contributed by atoms with van der Waals surface area (Å²) in [5.74, 6) is -1.90. The van der Waals surface area contributed by atoms with Gasteiger partial charge in [0, 0.05) is 6.07 Å². The Balaban J connectivity index is 2.12. The molecule has 0 unspecified atom stereocenters. The second-order valence-corrected chi connectivity index (χ2v) is 4.49. The minimum absolute atomic E-state index is 0.212. The van der Waals surface area contributed by atoms with Gasteiger partial charge in [0.05, 0.1) is 17.2 Å². The second-order valence-electron chi connectivity index (χ2n) is 4.49. The number of carboxylic acid groups (broad SMARTS) is 1. The molecule has 5 heteroatoms. The van der Waals surface area contributed by atoms with Crippen molar-refractivity contribution in [3.8, 4) is 11.8 Å². The number of nitrogens with zero attached hydrogens (tertiary/aromatic N) is 1. The highest BCUT2D eigenvalue weighted by atomic mass is 19.1. The summed E-state index contributed by atoms with van der Waals surface area (Å²) in [6.07, 6.45) is 0. The molecule has 0 bridgehead atoms. The number of aromatic carboxylic acids is 1. The summed E-state index contributed by atoms with van der Waals surface area (Å²) in [7, 11) is 0. The van der Waals surface area contributed by atoms with Crippen LogP contribution in [0.5, 0.6) is 5.75 Å². The van der Waals surface area contributed by atoms with Crippen LogP contribution >= 0.6 is 0 Å². The average Bonchev–Trinajstić information content (AvgIpc) is 2.45. The molecule has 1 N–H and O–H groups in total. The molecule has 0 saturated heterocycles. The van der Waals surface area contributed by atoms with E-state index in [4.69, 9.17) is 15.1 Å². The van der Waals surface area contributed by atoms with E-state index < -0.39 is 17.3 Å². The molecule has 21 heavy (non-hydrogen) atoms. The van der Waals surface area contributed by atoms with Gasteiger partial charge in [0.2, 0.25) is 0 Å². The molecular weight excluding hydrogens is 273 g/mol. The minimum atomic E-state index is -1.32. The summed E-state index contributed by atoms with van der Waals surface area (Å²) in [5.41, 5.74) is 1.94. The fourth-order valence-corrected chi connectivity index (χ4v) is 1.85. The Morgan fingerprint density at radius 2 is 2.10 bits per heavy atom. The maximum atomic E-state index is 13.5. The van der Waals surface area contributed by atoms with Crippen molar-refractivity contribution in [2.24, 2.45) is 0 Å². The molecule has 0 aromatic heterocycles. The zero-order valence-corrected chi connectivity index (χ0v) is 11.3. The largest absolute Gasteiger partial charge is 0.489 e. The first-order valence-electron chi connectivity index (χ1n) is 6.16. The first kappa shape index (κ1) is 14.5. The Kier molecular flexibility index (Phi) is 4.19. The Labute approximate surface area is 121 Å². The molecule has 0 aliphatic rings. The summed E-state index contributed by atoms with van der Waals surface area (Å²) in [6.45, 7) is 2.07. The lowest BCUT2D eigenvalue weighted by molar-refractivity contribution is 0.0692. The Morgan fingerprint density at radius 1 is 1.33 bits per heavy atom. The predicted octanol–water partition coefficient (Wildman–Crippen LogP) is 3.28. The van der Waals surface area contributed by atoms with Crippen LogP contribution in [-0.4, -0.2) is 11.1 Å². The highest BCUT2D eigenvalue weighted by molar-refractivity contribution is 5.88. The number of hydrogen-bond acceptors (Lipinski definition) is 3. The standard InChI is InChI=1S/C16H12FNO3/c1-10-6-11(8-18)2-3-12(10)9-21-13-4-5-14(16(19)20)15(17)7-13/h2-7H,9H2,1H3,(H,19,20). The lowest BCUT2D eigenvalue weighted by Gasteiger charge is -2.09. The number of benzene rings is 2. The molecular formula is C16H12FNO3. The fourth-order valence-electron chi connectivity index (χ4n) is 1.85. The number of ether oxygens (including phenoxy) is 1. The van der Waals surface area contributed by atoms with Crippen LogP contribution < -0.4 is 4.74 Å². The van der Waals surface area contributed by atoms with Crippen molar-refractivity contribution in [3.63, 3.8) is 0 Å². The van der Waals surface area contributed by atoms with Gasteiger partial charge in [0.1, 0.15) is 18.2 Å². The third kappa shape index (κ3) is 3.37. The maximum Gasteiger partial charge on any atom is 0.338 e. The summed E-state index contributed by atoms with van der Waals surface area (Å²) < 4.78 is 19.0. The van der Waals surface area contributed by atoms with Gasteiger partial charge in [0.25, 0.3) is 0 Å². The molecule has 0 aliphatic carbocycles. The van der Waals surface area contributed by atoms with Gasteiger partial charge < -0.3 is 9.84 Å². The second kappa shape index (κ2) is 6.06. The predicted molar refractivity (Wildman–Crippen MR) is 73.6 cm³/mol. The molecule has 106 valence electrons. The van der Waals surface area contributed by atoms with Crippen molar-refractivity contribution in [1.29, 1.82) is 5.26 Å². The van der Waals surface area contributed by atoms with Crippen LogP contribution in [0.15, 0.2) is 36.4 Å². The van der Waals surface area contributed by atoms with Crippen LogP contribution in [0.2, 0.25) is 0 Å². The zero-order valence-electron chi connectivity index (χ0n) is 11.3. The highest BCUT2D eigenvalue weighted by Gasteiger charge is 2.11. The van der Waals surface area contributed by atoms with E-state index in [-0.39, 0.29) is 12.4 Å². The number of rotatable bonds is 4. The molecule has 0 spiro atoms. The van der Waals surface area contributed by atoms with Crippen LogP contribution in [0.3, 0.4) is 0 Å². The Hall–Kier alpha value is -2.87. The molecule has 2 aromatic rings. The highest BCUT2D eigenvalue weighted by Crippen LogP contribution is 2.19. The van der Waals surface area contributed by atoms with Crippen LogP contribution in [0, 0.1) is 24.1 Å². The van der Waals surface area contributed by atoms with Crippen molar-refractivity contribution in [1.82, 2.24) is 0 Å². The van der Waals surface area contributed by atoms with E-state index in [1.165, 1.54) is 12.1 Å². The van der Waals surface area contributed by atoms with E-state index >= 15 is 0 Å². The van der Waals surface area contributed by atoms with Gasteiger partial charge in [-0.05, 0) is 42.3 Å². The quantitative estimate of drug-likeness (QED) is 0.935. The molecule has 0 amide bonds. The fraction of sp³-hybridized carbons (Fsp3) is 0.125. The lowest BCUT2D eigenvalue weighted by atomic mass is 10.1. The normalized spacial score (nSPS) is 9.95. The van der Waals surface area contributed by atoms with Crippen LogP contribution in [-0.2, 0) is 6.61 Å². The van der Waals surface area contributed by atoms with Crippen LogP contribution in [0.25, 0.3) is 0 Å². The van der Waals surface area contributed by atoms with Gasteiger partial charge in [-0.25, -0.2) is 9.18 Å². The number of aryl methyl sites for hydroxylation is 1. The topological polar surface area (TPSA) is 70.3 Å². The van der Waals surface area contributed by atoms with Crippen LogP contribution in [0.4, 0.5) is 4.39 Å². The summed E-state index contributed by atoms with van der Waals surface area (Å²) in [5, 5.41) is 17.5. The Morgan fingerprint density at radius 3 is 2.67 bits per heavy atom. The minimum Gasteiger partial charge on any atom is -0.489 e. The summed E-state index contributed by atoms with van der Waals surface area (Å²) in [6, 6.07) is 10.9. The zero-order chi connectivity index (χ0) is 15.4. The number of carboxylic acids is 1. The smallest absolute Gasteiger partial charge is 0.338 e. The van der Waals surface area contributed by atoms with E-state index in [1.54, 1.807) is 18.2 Å². The number of halogens is 1. The number of hydrogen-bond donors (Lipinski definition) is 1. The molecule has 2 rings (SSSR count). The van der Waals surface area contributed by atoms with Gasteiger partial charge in [-0.3, -0.25) is 0 Å². The van der Waals surface area contributed by atoms with Gasteiger partial charge >= 0.3 is 5.97 Å². The van der Waals surface area contributed by atoms with Crippen LogP contribution in [0.1, 0.15) is 27.0 Å². The summed E-state index contributed by atoms with van der Waals surface area (Å²) >= 11 is 0. The monoisotopic (exact) mass is 285 g/mol. The first-order valence-corrected chi connectivity index (χ1v) is 6.16. The van der Waals surface area contributed by atoms with E-state index in [2.05, 4.69) is 0 Å². The molecule has 0 aliphatic heterocycles. The van der Waals surface area contributed by atoms with Gasteiger partial charge in [0.15, 0.2) is 0 Å².